The van der Waals surface area contributed by atoms with Crippen LogP contribution in [0.25, 0.3) is 0 Å². The Morgan fingerprint density at radius 2 is 2.19 bits per heavy atom. The summed E-state index contributed by atoms with van der Waals surface area (Å²) < 4.78 is 4.82. The van der Waals surface area contributed by atoms with Crippen LogP contribution in [0.4, 0.5) is 4.79 Å². The summed E-state index contributed by atoms with van der Waals surface area (Å²) in [5.74, 6) is 0.368. The summed E-state index contributed by atoms with van der Waals surface area (Å²) in [6.45, 7) is 0.708. The maximum Gasteiger partial charge on any atom is 0.315 e. The lowest BCUT2D eigenvalue weighted by molar-refractivity contribution is 0.0598. The fourth-order valence-corrected chi connectivity index (χ4v) is 2.41. The first-order valence-corrected chi connectivity index (χ1v) is 7.44. The lowest BCUT2D eigenvalue weighted by Crippen LogP contribution is -2.38. The number of urea groups is 1. The minimum Gasteiger partial charge on any atom is -0.391 e. The molecule has 1 aliphatic carbocycles. The van der Waals surface area contributed by atoms with E-state index in [1.165, 1.54) is 12.7 Å². The average molecular weight is 313 g/mol. The summed E-state index contributed by atoms with van der Waals surface area (Å²) in [6, 6.07) is 7.70. The zero-order valence-electron chi connectivity index (χ0n) is 12.0. The minimum absolute atomic E-state index is 0.176. The van der Waals surface area contributed by atoms with Gasteiger partial charge in [-0.05, 0) is 30.5 Å². The van der Waals surface area contributed by atoms with Crippen molar-refractivity contribution >= 4 is 17.6 Å². The van der Waals surface area contributed by atoms with Gasteiger partial charge in [-0.2, -0.15) is 0 Å². The van der Waals surface area contributed by atoms with Crippen molar-refractivity contribution in [1.82, 2.24) is 10.6 Å². The normalized spacial score (nSPS) is 21.7. The third kappa shape index (κ3) is 5.19. The Hall–Kier alpha value is -1.30. The molecule has 1 aliphatic rings. The van der Waals surface area contributed by atoms with Crippen LogP contribution in [0.2, 0.25) is 5.02 Å². The standard InChI is InChI=1S/C15H21ClN2O3/c1-21-9-12(19)6-7-17-15(20)18-14-8-13(14)10-2-4-11(16)5-3-10/h2-5,12-14,19H,6-9H2,1H3,(H2,17,18,20). The highest BCUT2D eigenvalue weighted by molar-refractivity contribution is 6.30. The second kappa shape index (κ2) is 7.64. The van der Waals surface area contributed by atoms with E-state index in [4.69, 9.17) is 16.3 Å². The predicted molar refractivity (Wildman–Crippen MR) is 81.6 cm³/mol. The van der Waals surface area contributed by atoms with Gasteiger partial charge in [0.2, 0.25) is 0 Å². The van der Waals surface area contributed by atoms with Crippen molar-refractivity contribution in [2.75, 3.05) is 20.3 Å². The molecule has 1 fully saturated rings. The van der Waals surface area contributed by atoms with E-state index < -0.39 is 6.10 Å². The fraction of sp³-hybridized carbons (Fsp3) is 0.533. The molecule has 3 N–H and O–H groups in total. The second-order valence-electron chi connectivity index (χ2n) is 5.30. The Labute approximate surface area is 129 Å². The molecule has 21 heavy (non-hydrogen) atoms. The SMILES string of the molecule is COCC(O)CCNC(=O)NC1CC1c1ccc(Cl)cc1. The number of ether oxygens (including phenoxy) is 1. The zero-order chi connectivity index (χ0) is 15.2. The van der Waals surface area contributed by atoms with Crippen LogP contribution in [-0.2, 0) is 4.74 Å². The summed E-state index contributed by atoms with van der Waals surface area (Å²) in [6.07, 6.45) is 0.881. The number of hydrogen-bond acceptors (Lipinski definition) is 3. The van der Waals surface area contributed by atoms with Gasteiger partial charge in [-0.1, -0.05) is 23.7 Å². The van der Waals surface area contributed by atoms with Gasteiger partial charge in [-0.3, -0.25) is 0 Å². The molecule has 0 spiro atoms. The monoisotopic (exact) mass is 312 g/mol. The number of aliphatic hydroxyl groups excluding tert-OH is 1. The second-order valence-corrected chi connectivity index (χ2v) is 5.73. The molecule has 0 aromatic heterocycles. The molecule has 3 atom stereocenters. The highest BCUT2D eigenvalue weighted by Gasteiger charge is 2.39. The summed E-state index contributed by atoms with van der Waals surface area (Å²) in [7, 11) is 1.54. The molecular weight excluding hydrogens is 292 g/mol. The Kier molecular flexibility index (Phi) is 5.85. The maximum absolute atomic E-state index is 11.7. The number of methoxy groups -OCH3 is 1. The molecule has 1 aromatic rings. The molecule has 5 nitrogen and oxygen atoms in total. The first kappa shape index (κ1) is 16.1. The molecule has 0 aliphatic heterocycles. The molecule has 2 amide bonds. The number of rotatable bonds is 7. The Balaban J connectivity index is 1.65. The number of aliphatic hydroxyl groups is 1. The lowest BCUT2D eigenvalue weighted by Gasteiger charge is -2.11. The number of carbonyl (C=O) groups excluding carboxylic acids is 1. The van der Waals surface area contributed by atoms with Crippen molar-refractivity contribution in [1.29, 1.82) is 0 Å². The maximum atomic E-state index is 11.7. The zero-order valence-corrected chi connectivity index (χ0v) is 12.8. The van der Waals surface area contributed by atoms with Crippen molar-refractivity contribution in [3.05, 3.63) is 34.9 Å². The molecular formula is C15H21ClN2O3. The predicted octanol–water partition coefficient (Wildman–Crippen LogP) is 1.89. The molecule has 6 heteroatoms. The van der Waals surface area contributed by atoms with Gasteiger partial charge >= 0.3 is 6.03 Å². The molecule has 2 rings (SSSR count). The molecule has 3 unspecified atom stereocenters. The summed E-state index contributed by atoms with van der Waals surface area (Å²) in [5, 5.41) is 15.8. The van der Waals surface area contributed by atoms with Crippen LogP contribution < -0.4 is 10.6 Å². The van der Waals surface area contributed by atoms with Crippen molar-refractivity contribution in [3.63, 3.8) is 0 Å². The molecule has 0 radical (unpaired) electrons. The van der Waals surface area contributed by atoms with Gasteiger partial charge in [-0.15, -0.1) is 0 Å². The Morgan fingerprint density at radius 1 is 1.48 bits per heavy atom. The Morgan fingerprint density at radius 3 is 2.86 bits per heavy atom. The third-order valence-corrected chi connectivity index (χ3v) is 3.78. The van der Waals surface area contributed by atoms with E-state index in [0.29, 0.717) is 18.9 Å². The third-order valence-electron chi connectivity index (χ3n) is 3.53. The smallest absolute Gasteiger partial charge is 0.315 e. The van der Waals surface area contributed by atoms with Crippen LogP contribution in [0.3, 0.4) is 0 Å². The topological polar surface area (TPSA) is 70.6 Å². The van der Waals surface area contributed by atoms with Crippen LogP contribution in [0.15, 0.2) is 24.3 Å². The highest BCUT2D eigenvalue weighted by atomic mass is 35.5. The summed E-state index contributed by atoms with van der Waals surface area (Å²) in [4.78, 5) is 11.7. The number of nitrogens with one attached hydrogen (secondary N) is 2. The van der Waals surface area contributed by atoms with Crippen molar-refractivity contribution in [2.24, 2.45) is 0 Å². The molecule has 0 saturated heterocycles. The van der Waals surface area contributed by atoms with E-state index in [1.807, 2.05) is 24.3 Å². The van der Waals surface area contributed by atoms with E-state index >= 15 is 0 Å². The molecule has 1 saturated carbocycles. The first-order valence-electron chi connectivity index (χ1n) is 7.07. The largest absolute Gasteiger partial charge is 0.391 e. The Bertz CT molecular complexity index is 466. The van der Waals surface area contributed by atoms with Crippen LogP contribution in [-0.4, -0.2) is 43.5 Å². The van der Waals surface area contributed by atoms with Crippen LogP contribution in [0.5, 0.6) is 0 Å². The quantitative estimate of drug-likeness (QED) is 0.720. The van der Waals surface area contributed by atoms with Gasteiger partial charge < -0.3 is 20.5 Å². The van der Waals surface area contributed by atoms with Gasteiger partial charge in [0.15, 0.2) is 0 Å². The van der Waals surface area contributed by atoms with E-state index in [1.54, 1.807) is 0 Å². The van der Waals surface area contributed by atoms with E-state index in [-0.39, 0.29) is 18.7 Å². The van der Waals surface area contributed by atoms with Gasteiger partial charge in [-0.25, -0.2) is 4.79 Å². The van der Waals surface area contributed by atoms with Crippen LogP contribution in [0.1, 0.15) is 24.3 Å². The fourth-order valence-electron chi connectivity index (χ4n) is 2.28. The van der Waals surface area contributed by atoms with E-state index in [2.05, 4.69) is 10.6 Å². The molecule has 116 valence electrons. The number of hydrogen-bond donors (Lipinski definition) is 3. The van der Waals surface area contributed by atoms with Crippen LogP contribution >= 0.6 is 11.6 Å². The summed E-state index contributed by atoms with van der Waals surface area (Å²) in [5.41, 5.74) is 1.19. The van der Waals surface area contributed by atoms with Crippen molar-refractivity contribution in [2.45, 2.75) is 30.9 Å². The highest BCUT2D eigenvalue weighted by Crippen LogP contribution is 2.40. The first-order chi connectivity index (χ1) is 10.1. The number of benzene rings is 1. The lowest BCUT2D eigenvalue weighted by atomic mass is 10.1. The average Bonchev–Trinajstić information content (AvgIpc) is 3.19. The van der Waals surface area contributed by atoms with Crippen LogP contribution in [0, 0.1) is 0 Å². The van der Waals surface area contributed by atoms with Gasteiger partial charge in [0.05, 0.1) is 12.7 Å². The van der Waals surface area contributed by atoms with Crippen molar-refractivity contribution in [3.8, 4) is 0 Å². The van der Waals surface area contributed by atoms with Crippen molar-refractivity contribution < 1.29 is 14.6 Å². The molecule has 0 heterocycles. The van der Waals surface area contributed by atoms with Gasteiger partial charge in [0.1, 0.15) is 0 Å². The van der Waals surface area contributed by atoms with E-state index in [0.717, 1.165) is 11.4 Å². The van der Waals surface area contributed by atoms with Gasteiger partial charge in [0.25, 0.3) is 0 Å². The minimum atomic E-state index is -0.543. The number of amides is 2. The van der Waals surface area contributed by atoms with E-state index in [9.17, 15) is 9.90 Å². The molecule has 0 bridgehead atoms. The van der Waals surface area contributed by atoms with Gasteiger partial charge in [0, 0.05) is 30.6 Å². The molecule has 1 aromatic carbocycles. The number of halogens is 1. The summed E-state index contributed by atoms with van der Waals surface area (Å²) >= 11 is 5.85. The number of carbonyl (C=O) groups is 1.